The van der Waals surface area contributed by atoms with Gasteiger partial charge in [0, 0.05) is 11.8 Å². The van der Waals surface area contributed by atoms with Crippen molar-refractivity contribution in [3.63, 3.8) is 0 Å². The van der Waals surface area contributed by atoms with Crippen LogP contribution < -0.4 is 5.32 Å². The summed E-state index contributed by atoms with van der Waals surface area (Å²) in [6.07, 6.45) is 1.51. The molecule has 1 heterocycles. The first kappa shape index (κ1) is 18.9. The number of carbonyl (C=O) groups is 2. The molecule has 0 saturated heterocycles. The van der Waals surface area contributed by atoms with E-state index in [1.54, 1.807) is 28.9 Å². The molecule has 2 aromatic rings. The molecule has 0 aliphatic rings. The zero-order chi connectivity index (χ0) is 18.8. The number of carboxylic acids is 1. The van der Waals surface area contributed by atoms with E-state index < -0.39 is 30.1 Å². The van der Waals surface area contributed by atoms with Gasteiger partial charge in [-0.1, -0.05) is 29.8 Å². The van der Waals surface area contributed by atoms with Crippen LogP contribution in [0, 0.1) is 0 Å². The van der Waals surface area contributed by atoms with Gasteiger partial charge >= 0.3 is 5.97 Å². The van der Waals surface area contributed by atoms with Gasteiger partial charge in [-0.05, 0) is 26.8 Å². The summed E-state index contributed by atoms with van der Waals surface area (Å²) in [7, 11) is 0. The molecule has 1 unspecified atom stereocenters. The van der Waals surface area contributed by atoms with Gasteiger partial charge in [-0.2, -0.15) is 5.10 Å². The van der Waals surface area contributed by atoms with Crippen LogP contribution in [0.3, 0.4) is 0 Å². The fourth-order valence-electron chi connectivity index (χ4n) is 2.14. The van der Waals surface area contributed by atoms with Gasteiger partial charge in [0.05, 0.1) is 16.1 Å². The number of benzene rings is 1. The Labute approximate surface area is 149 Å². The van der Waals surface area contributed by atoms with Crippen molar-refractivity contribution in [3.05, 3.63) is 41.0 Å². The minimum absolute atomic E-state index is 0.128. The molecule has 0 aliphatic heterocycles. The highest BCUT2D eigenvalue weighted by atomic mass is 35.5. The molecule has 134 valence electrons. The Kier molecular flexibility index (Phi) is 5.47. The number of alkyl halides is 1. The molecule has 0 saturated carbocycles. The molecular formula is C17H19ClFN3O3. The largest absolute Gasteiger partial charge is 0.480 e. The van der Waals surface area contributed by atoms with Gasteiger partial charge in [0.25, 0.3) is 5.91 Å². The fourth-order valence-corrected chi connectivity index (χ4v) is 2.36. The molecule has 1 aromatic heterocycles. The Bertz CT molecular complexity index is 799. The fraction of sp³-hybridized carbons (Fsp3) is 0.353. The number of carbonyl (C=O) groups excluding carboxylic acids is 1. The second-order valence-electron chi connectivity index (χ2n) is 6.51. The van der Waals surface area contributed by atoms with E-state index in [9.17, 15) is 14.0 Å². The lowest BCUT2D eigenvalue weighted by atomic mass is 10.1. The topological polar surface area (TPSA) is 84.2 Å². The van der Waals surface area contributed by atoms with Crippen molar-refractivity contribution in [2.45, 2.75) is 32.4 Å². The molecule has 6 nitrogen and oxygen atoms in total. The summed E-state index contributed by atoms with van der Waals surface area (Å²) in [4.78, 5) is 23.5. The molecule has 2 N–H and O–H groups in total. The smallest absolute Gasteiger partial charge is 0.328 e. The second-order valence-corrected chi connectivity index (χ2v) is 6.91. The minimum Gasteiger partial charge on any atom is -0.480 e. The minimum atomic E-state index is -1.62. The Morgan fingerprint density at radius 1 is 1.36 bits per heavy atom. The lowest BCUT2D eigenvalue weighted by Crippen LogP contribution is -2.42. The molecule has 0 radical (unpaired) electrons. The molecule has 1 atom stereocenters. The van der Waals surface area contributed by atoms with Gasteiger partial charge in [0.2, 0.25) is 0 Å². The number of aliphatic carboxylic acids is 1. The number of carboxylic acid groups (broad SMARTS) is 1. The summed E-state index contributed by atoms with van der Waals surface area (Å²) in [5.74, 6) is -2.17. The summed E-state index contributed by atoms with van der Waals surface area (Å²) >= 11 is 6.21. The summed E-state index contributed by atoms with van der Waals surface area (Å²) in [6, 6.07) is 5.25. The summed E-state index contributed by atoms with van der Waals surface area (Å²) in [5, 5.41) is 15.9. The Morgan fingerprint density at radius 3 is 2.52 bits per heavy atom. The van der Waals surface area contributed by atoms with E-state index in [4.69, 9.17) is 16.7 Å². The maximum atomic E-state index is 12.8. The maximum Gasteiger partial charge on any atom is 0.328 e. The summed E-state index contributed by atoms with van der Waals surface area (Å²) < 4.78 is 14.4. The summed E-state index contributed by atoms with van der Waals surface area (Å²) in [5.41, 5.74) is 0.550. The SMILES string of the molecule is CC(C)(C)n1cc(C(=O)NC(CF)C(=O)O)c(-c2ccccc2Cl)n1. The third-order valence-electron chi connectivity index (χ3n) is 3.53. The van der Waals surface area contributed by atoms with Crippen molar-refractivity contribution in [1.82, 2.24) is 15.1 Å². The maximum absolute atomic E-state index is 12.8. The molecule has 8 heteroatoms. The number of nitrogens with one attached hydrogen (secondary N) is 1. The molecule has 1 amide bonds. The van der Waals surface area contributed by atoms with E-state index >= 15 is 0 Å². The molecule has 25 heavy (non-hydrogen) atoms. The Morgan fingerprint density at radius 2 is 2.00 bits per heavy atom. The van der Waals surface area contributed by atoms with E-state index in [2.05, 4.69) is 10.4 Å². The van der Waals surface area contributed by atoms with Gasteiger partial charge in [-0.15, -0.1) is 0 Å². The predicted octanol–water partition coefficient (Wildman–Crippen LogP) is 3.11. The van der Waals surface area contributed by atoms with Crippen molar-refractivity contribution < 1.29 is 19.1 Å². The van der Waals surface area contributed by atoms with Crippen LogP contribution in [0.4, 0.5) is 4.39 Å². The number of amides is 1. The van der Waals surface area contributed by atoms with E-state index in [-0.39, 0.29) is 5.56 Å². The van der Waals surface area contributed by atoms with E-state index in [0.717, 1.165) is 0 Å². The molecule has 0 bridgehead atoms. The first-order chi connectivity index (χ1) is 11.6. The number of hydrogen-bond donors (Lipinski definition) is 2. The van der Waals surface area contributed by atoms with Crippen LogP contribution in [0.2, 0.25) is 5.02 Å². The third-order valence-corrected chi connectivity index (χ3v) is 3.86. The lowest BCUT2D eigenvalue weighted by molar-refractivity contribution is -0.139. The first-order valence-electron chi connectivity index (χ1n) is 7.60. The van der Waals surface area contributed by atoms with E-state index in [1.165, 1.54) is 6.20 Å². The molecule has 2 rings (SSSR count). The van der Waals surface area contributed by atoms with Crippen LogP contribution in [0.15, 0.2) is 30.5 Å². The van der Waals surface area contributed by atoms with Crippen LogP contribution in [-0.2, 0) is 10.3 Å². The lowest BCUT2D eigenvalue weighted by Gasteiger charge is -2.18. The Hall–Kier alpha value is -2.41. The van der Waals surface area contributed by atoms with Crippen molar-refractivity contribution in [3.8, 4) is 11.3 Å². The van der Waals surface area contributed by atoms with Crippen molar-refractivity contribution in [2.75, 3.05) is 6.67 Å². The zero-order valence-electron chi connectivity index (χ0n) is 14.1. The van der Waals surface area contributed by atoms with Gasteiger partial charge < -0.3 is 10.4 Å². The average Bonchev–Trinajstić information content (AvgIpc) is 2.97. The molecule has 0 spiro atoms. The molecule has 0 aliphatic carbocycles. The normalized spacial score (nSPS) is 12.7. The van der Waals surface area contributed by atoms with E-state index in [1.807, 2.05) is 20.8 Å². The number of nitrogens with zero attached hydrogens (tertiary/aromatic N) is 2. The van der Waals surface area contributed by atoms with Crippen molar-refractivity contribution in [2.24, 2.45) is 0 Å². The highest BCUT2D eigenvalue weighted by Gasteiger charge is 2.27. The van der Waals surface area contributed by atoms with Gasteiger partial charge in [0.15, 0.2) is 6.04 Å². The number of rotatable bonds is 5. The van der Waals surface area contributed by atoms with Crippen LogP contribution in [0.25, 0.3) is 11.3 Å². The van der Waals surface area contributed by atoms with Gasteiger partial charge in [-0.25, -0.2) is 9.18 Å². The van der Waals surface area contributed by atoms with Crippen molar-refractivity contribution >= 4 is 23.5 Å². The van der Waals surface area contributed by atoms with Gasteiger partial charge in [0.1, 0.15) is 12.4 Å². The number of halogens is 2. The van der Waals surface area contributed by atoms with Crippen LogP contribution in [0.1, 0.15) is 31.1 Å². The Balaban J connectivity index is 2.52. The third kappa shape index (κ3) is 4.17. The van der Waals surface area contributed by atoms with Crippen LogP contribution in [0.5, 0.6) is 0 Å². The first-order valence-corrected chi connectivity index (χ1v) is 7.97. The van der Waals surface area contributed by atoms with Gasteiger partial charge in [-0.3, -0.25) is 9.48 Å². The van der Waals surface area contributed by atoms with Crippen molar-refractivity contribution in [1.29, 1.82) is 0 Å². The number of hydrogen-bond acceptors (Lipinski definition) is 3. The van der Waals surface area contributed by atoms with Crippen LogP contribution >= 0.6 is 11.6 Å². The zero-order valence-corrected chi connectivity index (χ0v) is 14.8. The standard InChI is InChI=1S/C17H19ClFN3O3/c1-17(2,3)22-9-11(15(23)20-13(8-19)16(24)25)14(21-22)10-6-4-5-7-12(10)18/h4-7,9,13H,8H2,1-3H3,(H,20,23)(H,24,25). The molecular weight excluding hydrogens is 349 g/mol. The average molecular weight is 368 g/mol. The molecule has 0 fully saturated rings. The second kappa shape index (κ2) is 7.23. The quantitative estimate of drug-likeness (QED) is 0.850. The highest BCUT2D eigenvalue weighted by Crippen LogP contribution is 2.30. The number of aromatic nitrogens is 2. The van der Waals surface area contributed by atoms with Crippen LogP contribution in [-0.4, -0.2) is 39.5 Å². The molecule has 1 aromatic carbocycles. The highest BCUT2D eigenvalue weighted by molar-refractivity contribution is 6.33. The predicted molar refractivity (Wildman–Crippen MR) is 92.5 cm³/mol. The monoisotopic (exact) mass is 367 g/mol. The van der Waals surface area contributed by atoms with E-state index in [0.29, 0.717) is 16.3 Å². The summed E-state index contributed by atoms with van der Waals surface area (Å²) in [6.45, 7) is 4.49.